The highest BCUT2D eigenvalue weighted by atomic mass is 35.5. The fraction of sp³-hybridized carbons (Fsp3) is 0.481. The Kier molecular flexibility index (Phi) is 6.18. The van der Waals surface area contributed by atoms with Gasteiger partial charge < -0.3 is 19.5 Å². The molecule has 7 nitrogen and oxygen atoms in total. The second-order valence-corrected chi connectivity index (χ2v) is 10.9. The minimum atomic E-state index is -0.987. The number of benzene rings is 2. The first-order valence-corrected chi connectivity index (χ1v) is 12.6. The standard InChI is InChI=1S/C27H31ClN2O5/c1-26(2)10-14-34-23-21(26)15-18(16-22(23)28)7-11-29-12-8-27(9-13-29)17-30(25(33)35-27)20-5-3-19(4-6-20)24(31)32/h3-6,15-16H,7-14,17H2,1-2H3,(H,31,32). The molecule has 186 valence electrons. The highest BCUT2D eigenvalue weighted by Gasteiger charge is 2.47. The van der Waals surface area contributed by atoms with Gasteiger partial charge in [-0.1, -0.05) is 31.5 Å². The smallest absolute Gasteiger partial charge is 0.415 e. The second-order valence-electron chi connectivity index (χ2n) is 10.5. The average molecular weight is 499 g/mol. The first-order valence-electron chi connectivity index (χ1n) is 12.2. The molecule has 8 heteroatoms. The van der Waals surface area contributed by atoms with Crippen molar-refractivity contribution < 1.29 is 24.2 Å². The molecule has 0 radical (unpaired) electrons. The number of carboxylic acid groups (broad SMARTS) is 1. The predicted octanol–water partition coefficient (Wildman–Crippen LogP) is 5.13. The van der Waals surface area contributed by atoms with Crippen LogP contribution in [-0.2, 0) is 16.6 Å². The number of amides is 1. The van der Waals surface area contributed by atoms with Crippen molar-refractivity contribution in [1.29, 1.82) is 0 Å². The number of piperidine rings is 1. The molecule has 0 bridgehead atoms. The molecule has 1 spiro atoms. The number of nitrogens with zero attached hydrogens (tertiary/aromatic N) is 2. The van der Waals surface area contributed by atoms with E-state index in [9.17, 15) is 9.59 Å². The number of ether oxygens (including phenoxy) is 2. The van der Waals surface area contributed by atoms with Crippen molar-refractivity contribution in [1.82, 2.24) is 4.90 Å². The lowest BCUT2D eigenvalue weighted by Crippen LogP contribution is -2.47. The van der Waals surface area contributed by atoms with Gasteiger partial charge in [0.25, 0.3) is 0 Å². The van der Waals surface area contributed by atoms with Crippen LogP contribution in [0.5, 0.6) is 5.75 Å². The van der Waals surface area contributed by atoms with Gasteiger partial charge in [0.2, 0.25) is 0 Å². The number of aromatic carboxylic acids is 1. The summed E-state index contributed by atoms with van der Waals surface area (Å²) < 4.78 is 11.7. The minimum absolute atomic E-state index is 0.0525. The Labute approximate surface area is 210 Å². The van der Waals surface area contributed by atoms with E-state index in [2.05, 4.69) is 24.8 Å². The van der Waals surface area contributed by atoms with E-state index < -0.39 is 11.6 Å². The van der Waals surface area contributed by atoms with Crippen LogP contribution in [-0.4, -0.2) is 60.5 Å². The first kappa shape index (κ1) is 23.9. The van der Waals surface area contributed by atoms with E-state index in [-0.39, 0.29) is 17.1 Å². The van der Waals surface area contributed by atoms with Crippen LogP contribution in [0.2, 0.25) is 5.02 Å². The fourth-order valence-corrected chi connectivity index (χ4v) is 5.62. The molecule has 0 unspecified atom stereocenters. The van der Waals surface area contributed by atoms with Crippen molar-refractivity contribution in [2.24, 2.45) is 0 Å². The van der Waals surface area contributed by atoms with Gasteiger partial charge in [-0.2, -0.15) is 0 Å². The average Bonchev–Trinajstić information content (AvgIpc) is 3.15. The summed E-state index contributed by atoms with van der Waals surface area (Å²) in [6.45, 7) is 8.29. The predicted molar refractivity (Wildman–Crippen MR) is 134 cm³/mol. The molecule has 3 aliphatic heterocycles. The Bertz CT molecular complexity index is 1140. The Morgan fingerprint density at radius 3 is 2.51 bits per heavy atom. The molecule has 3 aliphatic rings. The molecule has 2 fully saturated rings. The van der Waals surface area contributed by atoms with Gasteiger partial charge in [-0.15, -0.1) is 0 Å². The molecule has 0 aliphatic carbocycles. The number of hydrogen-bond donors (Lipinski definition) is 1. The van der Waals surface area contributed by atoms with E-state index in [1.165, 1.54) is 23.3 Å². The van der Waals surface area contributed by atoms with E-state index in [0.29, 0.717) is 23.9 Å². The number of fused-ring (bicyclic) bond motifs is 1. The maximum Gasteiger partial charge on any atom is 0.415 e. The van der Waals surface area contributed by atoms with E-state index in [1.807, 2.05) is 6.07 Å². The summed E-state index contributed by atoms with van der Waals surface area (Å²) in [5.74, 6) is -0.157. The van der Waals surface area contributed by atoms with Crippen LogP contribution < -0.4 is 9.64 Å². The third-order valence-electron chi connectivity index (χ3n) is 7.69. The number of carbonyl (C=O) groups is 2. The van der Waals surface area contributed by atoms with E-state index in [4.69, 9.17) is 26.2 Å². The maximum atomic E-state index is 12.6. The lowest BCUT2D eigenvalue weighted by molar-refractivity contribution is 0.00125. The summed E-state index contributed by atoms with van der Waals surface area (Å²) in [6.07, 6.45) is 3.06. The normalized spacial score (nSPS) is 20.9. The lowest BCUT2D eigenvalue weighted by atomic mass is 9.79. The van der Waals surface area contributed by atoms with Gasteiger partial charge in [0.1, 0.15) is 11.4 Å². The SMILES string of the molecule is CC1(C)CCOc2c(Cl)cc(CCN3CCC4(CC3)CN(c3ccc(C(=O)O)cc3)C(=O)O4)cc21. The zero-order valence-electron chi connectivity index (χ0n) is 20.2. The third-order valence-corrected chi connectivity index (χ3v) is 7.97. The third kappa shape index (κ3) is 4.71. The summed E-state index contributed by atoms with van der Waals surface area (Å²) in [6, 6.07) is 10.6. The van der Waals surface area contributed by atoms with E-state index in [1.54, 1.807) is 17.0 Å². The van der Waals surface area contributed by atoms with Crippen molar-refractivity contribution in [2.45, 2.75) is 50.5 Å². The Hall–Kier alpha value is -2.77. The zero-order valence-corrected chi connectivity index (χ0v) is 20.9. The molecule has 0 saturated carbocycles. The van der Waals surface area contributed by atoms with Crippen LogP contribution in [0.1, 0.15) is 54.6 Å². The molecule has 35 heavy (non-hydrogen) atoms. The topological polar surface area (TPSA) is 79.3 Å². The first-order chi connectivity index (χ1) is 16.7. The second kappa shape index (κ2) is 9.03. The number of carbonyl (C=O) groups excluding carboxylic acids is 1. The highest BCUT2D eigenvalue weighted by molar-refractivity contribution is 6.32. The van der Waals surface area contributed by atoms with Gasteiger partial charge in [0.15, 0.2) is 0 Å². The molecule has 0 atom stereocenters. The summed E-state index contributed by atoms with van der Waals surface area (Å²) in [4.78, 5) is 27.7. The van der Waals surface area contributed by atoms with Crippen molar-refractivity contribution in [3.8, 4) is 5.75 Å². The van der Waals surface area contributed by atoms with Crippen LogP contribution in [0.15, 0.2) is 36.4 Å². The fourth-order valence-electron chi connectivity index (χ4n) is 5.32. The van der Waals surface area contributed by atoms with Crippen LogP contribution in [0.25, 0.3) is 0 Å². The molecule has 5 rings (SSSR count). The van der Waals surface area contributed by atoms with Gasteiger partial charge in [0.05, 0.1) is 23.7 Å². The molecule has 1 amide bonds. The summed E-state index contributed by atoms with van der Waals surface area (Å²) in [5, 5.41) is 9.79. The highest BCUT2D eigenvalue weighted by Crippen LogP contribution is 2.43. The molecular formula is C27H31ClN2O5. The number of likely N-dealkylation sites (tertiary alicyclic amines) is 1. The molecule has 2 aromatic carbocycles. The Morgan fingerprint density at radius 1 is 1.11 bits per heavy atom. The van der Waals surface area contributed by atoms with Crippen molar-refractivity contribution in [3.05, 3.63) is 58.1 Å². The number of hydrogen-bond acceptors (Lipinski definition) is 5. The van der Waals surface area contributed by atoms with Crippen LogP contribution in [0, 0.1) is 0 Å². The number of anilines is 1. The quantitative estimate of drug-likeness (QED) is 0.615. The summed E-state index contributed by atoms with van der Waals surface area (Å²) >= 11 is 6.56. The van der Waals surface area contributed by atoms with Crippen LogP contribution >= 0.6 is 11.6 Å². The number of carboxylic acids is 1. The minimum Gasteiger partial charge on any atom is -0.492 e. The maximum absolute atomic E-state index is 12.6. The van der Waals surface area contributed by atoms with Gasteiger partial charge >= 0.3 is 12.1 Å². The lowest BCUT2D eigenvalue weighted by Gasteiger charge is -2.37. The Balaban J connectivity index is 1.19. The van der Waals surface area contributed by atoms with Crippen molar-refractivity contribution in [2.75, 3.05) is 37.7 Å². The van der Waals surface area contributed by atoms with Crippen molar-refractivity contribution in [3.63, 3.8) is 0 Å². The molecule has 1 N–H and O–H groups in total. The molecule has 0 aromatic heterocycles. The van der Waals surface area contributed by atoms with Crippen LogP contribution in [0.3, 0.4) is 0 Å². The zero-order chi connectivity index (χ0) is 24.8. The van der Waals surface area contributed by atoms with E-state index in [0.717, 1.165) is 51.1 Å². The van der Waals surface area contributed by atoms with Gasteiger partial charge in [-0.05, 0) is 54.2 Å². The van der Waals surface area contributed by atoms with Gasteiger partial charge in [0, 0.05) is 43.7 Å². The monoisotopic (exact) mass is 498 g/mol. The molecular weight excluding hydrogens is 468 g/mol. The summed E-state index contributed by atoms with van der Waals surface area (Å²) in [5.41, 5.74) is 2.83. The number of rotatable bonds is 5. The molecule has 3 heterocycles. The summed E-state index contributed by atoms with van der Waals surface area (Å²) in [7, 11) is 0. The largest absolute Gasteiger partial charge is 0.492 e. The van der Waals surface area contributed by atoms with E-state index >= 15 is 0 Å². The van der Waals surface area contributed by atoms with Gasteiger partial charge in [-0.25, -0.2) is 9.59 Å². The van der Waals surface area contributed by atoms with Crippen molar-refractivity contribution >= 4 is 29.4 Å². The molecule has 2 saturated heterocycles. The van der Waals surface area contributed by atoms with Gasteiger partial charge in [-0.3, -0.25) is 4.90 Å². The number of halogens is 1. The molecule has 2 aromatic rings. The van der Waals surface area contributed by atoms with Crippen LogP contribution in [0.4, 0.5) is 10.5 Å². The Morgan fingerprint density at radius 2 is 1.83 bits per heavy atom.